The second-order valence-corrected chi connectivity index (χ2v) is 11.1. The number of nitrogens with one attached hydrogen (secondary N) is 2. The number of non-ortho nitro benzene ring substituents is 1. The quantitative estimate of drug-likeness (QED) is 0.249. The van der Waals surface area contributed by atoms with Crippen molar-refractivity contribution in [2.75, 3.05) is 0 Å². The van der Waals surface area contributed by atoms with Gasteiger partial charge >= 0.3 is 6.18 Å². The van der Waals surface area contributed by atoms with Gasteiger partial charge in [0.1, 0.15) is 10.6 Å². The molecule has 1 heterocycles. The van der Waals surface area contributed by atoms with Gasteiger partial charge in [-0.2, -0.15) is 18.3 Å². The van der Waals surface area contributed by atoms with Crippen LogP contribution in [0, 0.1) is 17.0 Å². The predicted molar refractivity (Wildman–Crippen MR) is 139 cm³/mol. The Bertz CT molecular complexity index is 1530. The van der Waals surface area contributed by atoms with Crippen LogP contribution in [0.5, 0.6) is 11.6 Å². The lowest BCUT2D eigenvalue weighted by molar-refractivity contribution is -0.385. The summed E-state index contributed by atoms with van der Waals surface area (Å²) in [6.45, 7) is 7.93. The van der Waals surface area contributed by atoms with E-state index in [0.29, 0.717) is 0 Å². The first-order valence-corrected chi connectivity index (χ1v) is 13.5. The largest absolute Gasteiger partial charge is 0.438 e. The number of carbonyl (C=O) groups is 1. The van der Waals surface area contributed by atoms with Gasteiger partial charge < -0.3 is 10.1 Å². The number of halogens is 3. The fourth-order valence-electron chi connectivity index (χ4n) is 3.70. The number of ether oxygens (including phenoxy) is 1. The Hall–Kier alpha value is -3.98. The molecule has 0 saturated carbocycles. The molecule has 0 bridgehead atoms. The van der Waals surface area contributed by atoms with Crippen LogP contribution < -0.4 is 14.8 Å². The first-order chi connectivity index (χ1) is 18.5. The molecule has 2 N–H and O–H groups in total. The van der Waals surface area contributed by atoms with E-state index in [2.05, 4.69) is 15.1 Å². The number of benzene rings is 2. The van der Waals surface area contributed by atoms with Crippen LogP contribution in [0.15, 0.2) is 47.4 Å². The van der Waals surface area contributed by atoms with Crippen LogP contribution in [0.2, 0.25) is 0 Å². The molecule has 0 unspecified atom stereocenters. The summed E-state index contributed by atoms with van der Waals surface area (Å²) in [5.74, 6) is -0.925. The van der Waals surface area contributed by atoms with Crippen molar-refractivity contribution in [1.82, 2.24) is 19.8 Å². The van der Waals surface area contributed by atoms with E-state index in [0.717, 1.165) is 30.3 Å². The van der Waals surface area contributed by atoms with Crippen LogP contribution in [0.4, 0.5) is 18.9 Å². The van der Waals surface area contributed by atoms with E-state index in [1.165, 1.54) is 23.7 Å². The lowest BCUT2D eigenvalue weighted by Crippen LogP contribution is -2.30. The monoisotopic (exact) mass is 583 g/mol. The van der Waals surface area contributed by atoms with Crippen molar-refractivity contribution in [3.05, 3.63) is 75.0 Å². The lowest BCUT2D eigenvalue weighted by atomic mass is 10.1. The number of alkyl halides is 3. The number of nitro groups is 1. The number of rotatable bonds is 10. The number of hydrogen-bond donors (Lipinski definition) is 2. The molecule has 3 aromatic rings. The molecule has 0 aliphatic carbocycles. The maximum absolute atomic E-state index is 13.0. The zero-order valence-corrected chi connectivity index (χ0v) is 23.1. The Morgan fingerprint density at radius 3 is 2.40 bits per heavy atom. The minimum absolute atomic E-state index is 0.00840. The Labute approximate surface area is 228 Å². The van der Waals surface area contributed by atoms with Crippen LogP contribution in [-0.4, -0.2) is 35.1 Å². The second-order valence-electron chi connectivity index (χ2n) is 9.46. The highest BCUT2D eigenvalue weighted by Crippen LogP contribution is 2.36. The molecule has 0 aliphatic rings. The molecule has 0 aliphatic heterocycles. The van der Waals surface area contributed by atoms with Crippen molar-refractivity contribution >= 4 is 21.6 Å². The molecule has 0 fully saturated rings. The number of amides is 1. The number of sulfonamides is 1. The third-order valence-electron chi connectivity index (χ3n) is 5.53. The summed E-state index contributed by atoms with van der Waals surface area (Å²) in [5, 5.41) is 18.1. The molecule has 0 radical (unpaired) electrons. The van der Waals surface area contributed by atoms with Gasteiger partial charge in [-0.1, -0.05) is 12.1 Å². The number of nitro benzene ring substituents is 1. The van der Waals surface area contributed by atoms with E-state index in [-0.39, 0.29) is 41.0 Å². The van der Waals surface area contributed by atoms with E-state index < -0.39 is 49.2 Å². The molecule has 1 aromatic heterocycles. The topological polar surface area (TPSA) is 145 Å². The van der Waals surface area contributed by atoms with Crippen molar-refractivity contribution in [3.63, 3.8) is 0 Å². The Morgan fingerprint density at radius 2 is 1.82 bits per heavy atom. The van der Waals surface area contributed by atoms with Gasteiger partial charge in [0.05, 0.1) is 16.5 Å². The number of nitrogens with zero attached hydrogens (tertiary/aromatic N) is 3. The lowest BCUT2D eigenvalue weighted by Gasteiger charge is -2.16. The van der Waals surface area contributed by atoms with Crippen molar-refractivity contribution in [3.8, 4) is 11.6 Å². The summed E-state index contributed by atoms with van der Waals surface area (Å²) in [7, 11) is -4.24. The maximum Gasteiger partial charge on any atom is 0.416 e. The van der Waals surface area contributed by atoms with Gasteiger partial charge in [0.2, 0.25) is 15.9 Å². The molecule has 216 valence electrons. The third kappa shape index (κ3) is 6.96. The summed E-state index contributed by atoms with van der Waals surface area (Å²) >= 11 is 0. The van der Waals surface area contributed by atoms with Crippen LogP contribution in [0.1, 0.15) is 60.9 Å². The number of aromatic nitrogens is 2. The zero-order valence-electron chi connectivity index (χ0n) is 22.2. The van der Waals surface area contributed by atoms with Crippen LogP contribution in [0.25, 0.3) is 0 Å². The molecule has 0 atom stereocenters. The van der Waals surface area contributed by atoms with Crippen LogP contribution in [-0.2, 0) is 22.7 Å². The van der Waals surface area contributed by atoms with Crippen LogP contribution >= 0.6 is 0 Å². The first-order valence-electron chi connectivity index (χ1n) is 12.0. The molecular formula is C25H28F3N5O6S. The smallest absolute Gasteiger partial charge is 0.416 e. The molecule has 0 spiro atoms. The van der Waals surface area contributed by atoms with Crippen molar-refractivity contribution in [1.29, 1.82) is 0 Å². The maximum atomic E-state index is 13.0. The number of hydrogen-bond acceptors (Lipinski definition) is 7. The van der Waals surface area contributed by atoms with E-state index >= 15 is 0 Å². The average molecular weight is 584 g/mol. The van der Waals surface area contributed by atoms with E-state index in [9.17, 15) is 36.5 Å². The third-order valence-corrected chi connectivity index (χ3v) is 7.21. The molecule has 15 heteroatoms. The summed E-state index contributed by atoms with van der Waals surface area (Å²) in [5.41, 5.74) is -0.980. The summed E-state index contributed by atoms with van der Waals surface area (Å²) in [6.07, 6.45) is -4.53. The van der Waals surface area contributed by atoms with Gasteiger partial charge in [-0.15, -0.1) is 0 Å². The summed E-state index contributed by atoms with van der Waals surface area (Å²) in [4.78, 5) is 23.1. The van der Waals surface area contributed by atoms with Gasteiger partial charge in [0.25, 0.3) is 11.6 Å². The van der Waals surface area contributed by atoms with Gasteiger partial charge in [-0.05, 0) is 58.4 Å². The summed E-state index contributed by atoms with van der Waals surface area (Å²) in [6, 6.07) is 6.72. The van der Waals surface area contributed by atoms with Crippen molar-refractivity contribution in [2.45, 2.75) is 64.3 Å². The standard InChI is InChI=1S/C25H28F3N5O6S/c1-14(2)31-40(37,38)21-12-19(33(35)36)9-10-20(21)39-24-16(5)22(30-32(24)15(3)4)23(34)29-13-17-7-6-8-18(11-17)25(26,27)28/h6-12,14-15,31H,13H2,1-5H3,(H,29,34). The fraction of sp³-hybridized carbons (Fsp3) is 0.360. The minimum Gasteiger partial charge on any atom is -0.438 e. The highest BCUT2D eigenvalue weighted by Gasteiger charge is 2.31. The highest BCUT2D eigenvalue weighted by molar-refractivity contribution is 7.89. The van der Waals surface area contributed by atoms with Crippen molar-refractivity contribution < 1.29 is 36.0 Å². The van der Waals surface area contributed by atoms with Crippen LogP contribution in [0.3, 0.4) is 0 Å². The Balaban J connectivity index is 1.97. The van der Waals surface area contributed by atoms with Crippen molar-refractivity contribution in [2.24, 2.45) is 0 Å². The first kappa shape index (κ1) is 30.6. The Morgan fingerprint density at radius 1 is 1.15 bits per heavy atom. The Kier molecular flexibility index (Phi) is 8.89. The second kappa shape index (κ2) is 11.6. The molecule has 11 nitrogen and oxygen atoms in total. The molecule has 2 aromatic carbocycles. The molecular weight excluding hydrogens is 555 g/mol. The van der Waals surface area contributed by atoms with Gasteiger partial charge in [-0.25, -0.2) is 17.8 Å². The normalized spacial score (nSPS) is 12.2. The van der Waals surface area contributed by atoms with Gasteiger partial charge in [-0.3, -0.25) is 14.9 Å². The summed E-state index contributed by atoms with van der Waals surface area (Å²) < 4.78 is 74.7. The minimum atomic E-state index is -4.53. The SMILES string of the molecule is Cc1c(C(=O)NCc2cccc(C(F)(F)F)c2)nn(C(C)C)c1Oc1ccc([N+](=O)[O-])cc1S(=O)(=O)NC(C)C. The highest BCUT2D eigenvalue weighted by atomic mass is 32.2. The van der Waals surface area contributed by atoms with E-state index in [4.69, 9.17) is 4.74 Å². The zero-order chi connectivity index (χ0) is 30.0. The number of carbonyl (C=O) groups excluding carboxylic acids is 1. The molecule has 3 rings (SSSR count). The van der Waals surface area contributed by atoms with E-state index in [1.54, 1.807) is 27.7 Å². The average Bonchev–Trinajstić information content (AvgIpc) is 3.17. The van der Waals surface area contributed by atoms with Gasteiger partial charge in [0, 0.05) is 30.3 Å². The van der Waals surface area contributed by atoms with E-state index in [1.807, 2.05) is 0 Å². The molecule has 1 amide bonds. The van der Waals surface area contributed by atoms with Gasteiger partial charge in [0.15, 0.2) is 5.69 Å². The predicted octanol–water partition coefficient (Wildman–Crippen LogP) is 5.11. The molecule has 40 heavy (non-hydrogen) atoms. The fourth-order valence-corrected chi connectivity index (χ4v) is 5.09. The molecule has 0 saturated heterocycles.